The van der Waals surface area contributed by atoms with Gasteiger partial charge in [-0.15, -0.1) is 0 Å². The van der Waals surface area contributed by atoms with Crippen molar-refractivity contribution >= 4 is 32.7 Å². The number of hydrogen-bond acceptors (Lipinski definition) is 6. The number of nitrogens with one attached hydrogen (secondary N) is 2. The van der Waals surface area contributed by atoms with E-state index >= 15 is 0 Å². The summed E-state index contributed by atoms with van der Waals surface area (Å²) in [5.74, 6) is 0.726. The summed E-state index contributed by atoms with van der Waals surface area (Å²) in [6, 6.07) is 15.0. The molecule has 0 bridgehead atoms. The zero-order valence-corrected chi connectivity index (χ0v) is 19.5. The number of ether oxygens (including phenoxy) is 1. The minimum Gasteiger partial charge on any atom is -0.495 e. The molecule has 0 spiro atoms. The predicted octanol–water partition coefficient (Wildman–Crippen LogP) is 4.41. The predicted molar refractivity (Wildman–Crippen MR) is 128 cm³/mol. The molecule has 1 saturated heterocycles. The van der Waals surface area contributed by atoms with Gasteiger partial charge in [0.15, 0.2) is 0 Å². The maximum Gasteiger partial charge on any atom is 0.261 e. The van der Waals surface area contributed by atoms with Gasteiger partial charge in [-0.25, -0.2) is 8.42 Å². The van der Waals surface area contributed by atoms with Crippen LogP contribution in [0.2, 0.25) is 0 Å². The zero-order valence-electron chi connectivity index (χ0n) is 17.8. The highest BCUT2D eigenvalue weighted by Crippen LogP contribution is 2.33. The molecule has 6 nitrogen and oxygen atoms in total. The quantitative estimate of drug-likeness (QED) is 0.574. The van der Waals surface area contributed by atoms with Gasteiger partial charge in [-0.05, 0) is 72.1 Å². The number of anilines is 2. The lowest BCUT2D eigenvalue weighted by molar-refractivity contribution is 0.391. The van der Waals surface area contributed by atoms with Crippen molar-refractivity contribution in [1.29, 1.82) is 0 Å². The smallest absolute Gasteiger partial charge is 0.261 e. The van der Waals surface area contributed by atoms with Crippen LogP contribution in [0.15, 0.2) is 64.2 Å². The molecule has 2 N–H and O–H groups in total. The molecule has 1 aliphatic heterocycles. The fraction of sp³-hybridized carbons (Fsp3) is 0.304. The van der Waals surface area contributed by atoms with Crippen LogP contribution in [0.3, 0.4) is 0 Å². The molecule has 1 fully saturated rings. The summed E-state index contributed by atoms with van der Waals surface area (Å²) < 4.78 is 34.2. The monoisotopic (exact) mass is 457 g/mol. The van der Waals surface area contributed by atoms with E-state index in [0.29, 0.717) is 17.8 Å². The highest BCUT2D eigenvalue weighted by atomic mass is 32.2. The number of hydrogen-bond donors (Lipinski definition) is 2. The molecule has 1 aliphatic rings. The molecule has 2 atom stereocenters. The van der Waals surface area contributed by atoms with Crippen molar-refractivity contribution in [1.82, 2.24) is 5.32 Å². The second-order valence-corrected chi connectivity index (χ2v) is 10.4. The second-order valence-electron chi connectivity index (χ2n) is 7.90. The van der Waals surface area contributed by atoms with Crippen molar-refractivity contribution in [3.63, 3.8) is 0 Å². The van der Waals surface area contributed by atoms with Crippen molar-refractivity contribution in [2.24, 2.45) is 0 Å². The molecule has 0 radical (unpaired) electrons. The Morgan fingerprint density at radius 2 is 1.74 bits per heavy atom. The Morgan fingerprint density at radius 3 is 2.35 bits per heavy atom. The fourth-order valence-electron chi connectivity index (χ4n) is 3.99. The van der Waals surface area contributed by atoms with Crippen LogP contribution >= 0.6 is 11.3 Å². The van der Waals surface area contributed by atoms with Gasteiger partial charge in [0.05, 0.1) is 23.4 Å². The van der Waals surface area contributed by atoms with E-state index in [0.717, 1.165) is 35.7 Å². The first-order chi connectivity index (χ1) is 14.9. The topological polar surface area (TPSA) is 70.7 Å². The molecule has 31 heavy (non-hydrogen) atoms. The average Bonchev–Trinajstić information content (AvgIpc) is 3.28. The lowest BCUT2D eigenvalue weighted by Gasteiger charge is -2.38. The second kappa shape index (κ2) is 8.90. The Balaban J connectivity index is 1.58. The molecule has 0 saturated carbocycles. The number of sulfonamides is 1. The Morgan fingerprint density at radius 1 is 1.03 bits per heavy atom. The molecule has 2 aromatic carbocycles. The van der Waals surface area contributed by atoms with Gasteiger partial charge >= 0.3 is 0 Å². The number of benzene rings is 2. The SMILES string of the molecule is COc1ccc(NS(=O)(=O)c2ccc(-c3ccsc3)cc2)cc1N1CC(C)NC(C)C1. The minimum absolute atomic E-state index is 0.230. The molecule has 0 aliphatic carbocycles. The molecule has 1 aromatic heterocycles. The van der Waals surface area contributed by atoms with E-state index < -0.39 is 10.0 Å². The van der Waals surface area contributed by atoms with Crippen LogP contribution in [-0.4, -0.2) is 40.7 Å². The van der Waals surface area contributed by atoms with Gasteiger partial charge in [-0.2, -0.15) is 11.3 Å². The summed E-state index contributed by atoms with van der Waals surface area (Å²) in [7, 11) is -2.07. The van der Waals surface area contributed by atoms with Crippen LogP contribution in [0.5, 0.6) is 5.75 Å². The maximum atomic E-state index is 13.0. The molecule has 0 amide bonds. The van der Waals surface area contributed by atoms with Gasteiger partial charge in [-0.3, -0.25) is 4.72 Å². The first-order valence-corrected chi connectivity index (χ1v) is 12.6. The average molecular weight is 458 g/mol. The van der Waals surface area contributed by atoms with Gasteiger partial charge < -0.3 is 15.0 Å². The Kier molecular flexibility index (Phi) is 6.22. The third-order valence-electron chi connectivity index (χ3n) is 5.35. The highest BCUT2D eigenvalue weighted by molar-refractivity contribution is 7.92. The van der Waals surface area contributed by atoms with Gasteiger partial charge in [-0.1, -0.05) is 12.1 Å². The molecule has 2 heterocycles. The third kappa shape index (κ3) is 4.87. The standard InChI is InChI=1S/C23H27N3O3S2/c1-16-13-26(14-17(2)24-16)22-12-20(6-9-23(22)29-3)25-31(27,28)21-7-4-18(5-8-21)19-10-11-30-15-19/h4-12,15-17,24-25H,13-14H2,1-3H3. The van der Waals surface area contributed by atoms with E-state index in [-0.39, 0.29) is 4.90 Å². The summed E-state index contributed by atoms with van der Waals surface area (Å²) in [6.45, 7) is 5.92. The molecule has 2 unspecified atom stereocenters. The summed E-state index contributed by atoms with van der Waals surface area (Å²) in [5, 5.41) is 7.55. The van der Waals surface area contributed by atoms with Gasteiger partial charge in [0.1, 0.15) is 5.75 Å². The number of thiophene rings is 1. The summed E-state index contributed by atoms with van der Waals surface area (Å²) in [4.78, 5) is 2.46. The lowest BCUT2D eigenvalue weighted by Crippen LogP contribution is -2.54. The summed E-state index contributed by atoms with van der Waals surface area (Å²) >= 11 is 1.61. The van der Waals surface area contributed by atoms with Crippen molar-refractivity contribution in [3.8, 4) is 16.9 Å². The Bertz CT molecular complexity index is 1120. The number of rotatable bonds is 6. The molecule has 164 valence electrons. The molecule has 8 heteroatoms. The Labute approximate surface area is 187 Å². The van der Waals surface area contributed by atoms with Crippen molar-refractivity contribution in [3.05, 3.63) is 59.3 Å². The minimum atomic E-state index is -3.71. The maximum absolute atomic E-state index is 13.0. The number of piperazine rings is 1. The van der Waals surface area contributed by atoms with Crippen molar-refractivity contribution in [2.45, 2.75) is 30.8 Å². The summed E-state index contributed by atoms with van der Waals surface area (Å²) in [6.07, 6.45) is 0. The lowest BCUT2D eigenvalue weighted by atomic mass is 10.1. The first kappa shape index (κ1) is 21.7. The van der Waals surface area contributed by atoms with Crippen LogP contribution in [0.1, 0.15) is 13.8 Å². The van der Waals surface area contributed by atoms with Crippen LogP contribution in [0, 0.1) is 0 Å². The zero-order chi connectivity index (χ0) is 22.0. The number of methoxy groups -OCH3 is 1. The van der Waals surface area contributed by atoms with E-state index in [1.165, 1.54) is 0 Å². The molecular formula is C23H27N3O3S2. The van der Waals surface area contributed by atoms with Gasteiger partial charge in [0.2, 0.25) is 0 Å². The van der Waals surface area contributed by atoms with E-state index in [1.54, 1.807) is 36.6 Å². The largest absolute Gasteiger partial charge is 0.495 e. The van der Waals surface area contributed by atoms with E-state index in [9.17, 15) is 8.42 Å². The molecular weight excluding hydrogens is 430 g/mol. The van der Waals surface area contributed by atoms with Gasteiger partial charge in [0.25, 0.3) is 10.0 Å². The van der Waals surface area contributed by atoms with Gasteiger partial charge in [0, 0.05) is 25.2 Å². The van der Waals surface area contributed by atoms with Crippen LogP contribution in [0.4, 0.5) is 11.4 Å². The van der Waals surface area contributed by atoms with Crippen LogP contribution in [-0.2, 0) is 10.0 Å². The highest BCUT2D eigenvalue weighted by Gasteiger charge is 2.24. The van der Waals surface area contributed by atoms with Crippen molar-refractivity contribution in [2.75, 3.05) is 29.8 Å². The molecule has 4 rings (SSSR count). The van der Waals surface area contributed by atoms with Crippen LogP contribution < -0.4 is 19.7 Å². The molecule has 3 aromatic rings. The first-order valence-electron chi connectivity index (χ1n) is 10.2. The fourth-order valence-corrected chi connectivity index (χ4v) is 5.71. The normalized spacial score (nSPS) is 19.3. The van der Waals surface area contributed by atoms with Crippen molar-refractivity contribution < 1.29 is 13.2 Å². The van der Waals surface area contributed by atoms with E-state index in [1.807, 2.05) is 41.1 Å². The van der Waals surface area contributed by atoms with E-state index in [4.69, 9.17) is 4.74 Å². The van der Waals surface area contributed by atoms with Crippen LogP contribution in [0.25, 0.3) is 11.1 Å². The third-order valence-corrected chi connectivity index (χ3v) is 7.43. The van der Waals surface area contributed by atoms with E-state index in [2.05, 4.69) is 28.8 Å². The summed E-state index contributed by atoms with van der Waals surface area (Å²) in [5.41, 5.74) is 3.47. The Hall–Kier alpha value is -2.55. The number of nitrogens with zero attached hydrogens (tertiary/aromatic N) is 1.